The minimum absolute atomic E-state index is 0.546. The molecule has 0 saturated carbocycles. The van der Waals surface area contributed by atoms with E-state index in [1.165, 1.54) is 0 Å². The van der Waals surface area contributed by atoms with Crippen molar-refractivity contribution >= 4 is 5.57 Å². The zero-order chi connectivity index (χ0) is 15.5. The van der Waals surface area contributed by atoms with E-state index in [1.807, 2.05) is 75.4 Å². The molecule has 0 aromatic heterocycles. The zero-order valence-electron chi connectivity index (χ0n) is 13.2. The van der Waals surface area contributed by atoms with Crippen molar-refractivity contribution in [2.75, 3.05) is 6.61 Å². The molecule has 0 amide bonds. The second kappa shape index (κ2) is 9.60. The van der Waals surface area contributed by atoms with Gasteiger partial charge < -0.3 is 4.74 Å². The fourth-order valence-corrected chi connectivity index (χ4v) is 1.66. The predicted molar refractivity (Wildman–Crippen MR) is 93.5 cm³/mol. The normalized spacial score (nSPS) is 12.6. The van der Waals surface area contributed by atoms with E-state index >= 15 is 0 Å². The van der Waals surface area contributed by atoms with Crippen molar-refractivity contribution in [3.63, 3.8) is 0 Å². The largest absolute Gasteiger partial charge is 0.489 e. The van der Waals surface area contributed by atoms with Gasteiger partial charge in [0.1, 0.15) is 12.4 Å². The van der Waals surface area contributed by atoms with Crippen LogP contribution in [-0.2, 0) is 0 Å². The molecule has 0 atom stereocenters. The van der Waals surface area contributed by atoms with E-state index in [9.17, 15) is 0 Å². The van der Waals surface area contributed by atoms with Gasteiger partial charge >= 0.3 is 0 Å². The first-order valence-corrected chi connectivity index (χ1v) is 7.17. The first kappa shape index (κ1) is 16.8. The Hall–Kier alpha value is -2.28. The zero-order valence-corrected chi connectivity index (χ0v) is 13.2. The maximum atomic E-state index is 5.82. The van der Waals surface area contributed by atoms with Crippen LogP contribution in [0.4, 0.5) is 0 Å². The average Bonchev–Trinajstić information content (AvgIpc) is 2.50. The summed E-state index contributed by atoms with van der Waals surface area (Å²) in [6.07, 6.45) is 14.2. The molecule has 0 heterocycles. The molecular formula is C20H24O. The summed E-state index contributed by atoms with van der Waals surface area (Å²) in [7, 11) is 0. The highest BCUT2D eigenvalue weighted by Crippen LogP contribution is 2.17. The molecular weight excluding hydrogens is 256 g/mol. The first-order valence-electron chi connectivity index (χ1n) is 7.17. The molecule has 1 heteroatoms. The summed E-state index contributed by atoms with van der Waals surface area (Å²) in [4.78, 5) is 0. The molecule has 0 unspecified atom stereocenters. The van der Waals surface area contributed by atoms with Gasteiger partial charge in [-0.25, -0.2) is 0 Å². The fourth-order valence-electron chi connectivity index (χ4n) is 1.66. The van der Waals surface area contributed by atoms with Crippen molar-refractivity contribution in [2.24, 2.45) is 0 Å². The monoisotopic (exact) mass is 280 g/mol. The lowest BCUT2D eigenvalue weighted by atomic mass is 10.1. The van der Waals surface area contributed by atoms with Crippen LogP contribution in [0.1, 0.15) is 26.3 Å². The molecule has 1 aromatic carbocycles. The summed E-state index contributed by atoms with van der Waals surface area (Å²) < 4.78 is 5.82. The summed E-state index contributed by atoms with van der Waals surface area (Å²) in [6, 6.07) is 8.02. The number of rotatable bonds is 7. The minimum atomic E-state index is 0.546. The van der Waals surface area contributed by atoms with Gasteiger partial charge in [-0.15, -0.1) is 0 Å². The van der Waals surface area contributed by atoms with Crippen molar-refractivity contribution in [1.82, 2.24) is 0 Å². The maximum absolute atomic E-state index is 5.82. The lowest BCUT2D eigenvalue weighted by molar-refractivity contribution is 0.355. The van der Waals surface area contributed by atoms with Gasteiger partial charge in [0, 0.05) is 0 Å². The van der Waals surface area contributed by atoms with Crippen LogP contribution in [0.15, 0.2) is 78.9 Å². The summed E-state index contributed by atoms with van der Waals surface area (Å²) in [5, 5.41) is 0. The van der Waals surface area contributed by atoms with Gasteiger partial charge in [0.15, 0.2) is 0 Å². The molecule has 0 aliphatic rings. The molecule has 110 valence electrons. The molecule has 21 heavy (non-hydrogen) atoms. The molecule has 1 rings (SSSR count). The van der Waals surface area contributed by atoms with Crippen molar-refractivity contribution in [3.05, 3.63) is 84.5 Å². The van der Waals surface area contributed by atoms with Crippen LogP contribution in [-0.4, -0.2) is 6.61 Å². The molecule has 0 spiro atoms. The van der Waals surface area contributed by atoms with Crippen LogP contribution < -0.4 is 4.74 Å². The van der Waals surface area contributed by atoms with Crippen LogP contribution in [0.2, 0.25) is 0 Å². The highest BCUT2D eigenvalue weighted by atomic mass is 16.5. The molecule has 0 radical (unpaired) electrons. The lowest BCUT2D eigenvalue weighted by Gasteiger charge is -2.08. The van der Waals surface area contributed by atoms with E-state index in [1.54, 1.807) is 0 Å². The van der Waals surface area contributed by atoms with Gasteiger partial charge in [0.05, 0.1) is 0 Å². The second-order valence-electron chi connectivity index (χ2n) is 4.75. The predicted octanol–water partition coefficient (Wildman–Crippen LogP) is 5.73. The van der Waals surface area contributed by atoms with E-state index < -0.39 is 0 Å². The van der Waals surface area contributed by atoms with E-state index in [0.717, 1.165) is 22.5 Å². The fraction of sp³-hybridized carbons (Fsp3) is 0.200. The van der Waals surface area contributed by atoms with Crippen molar-refractivity contribution in [2.45, 2.75) is 20.8 Å². The SMILES string of the molecule is C=C(C)c1ccc(OCC(/C=C\C=C\C)=C/C=C\C)cc1. The number of hydrogen-bond donors (Lipinski definition) is 0. The Labute approximate surface area is 128 Å². The third kappa shape index (κ3) is 6.62. The third-order valence-electron chi connectivity index (χ3n) is 2.87. The van der Waals surface area contributed by atoms with Gasteiger partial charge in [-0.1, -0.05) is 66.8 Å². The van der Waals surface area contributed by atoms with Crippen LogP contribution in [0.25, 0.3) is 5.57 Å². The summed E-state index contributed by atoms with van der Waals surface area (Å²) in [5.74, 6) is 0.866. The Bertz CT molecular complexity index is 554. The number of allylic oxidation sites excluding steroid dienone is 7. The quantitative estimate of drug-likeness (QED) is 0.579. The van der Waals surface area contributed by atoms with E-state index in [2.05, 4.69) is 18.7 Å². The topological polar surface area (TPSA) is 9.23 Å². The van der Waals surface area contributed by atoms with Crippen molar-refractivity contribution in [3.8, 4) is 5.75 Å². The van der Waals surface area contributed by atoms with Crippen LogP contribution in [0.3, 0.4) is 0 Å². The van der Waals surface area contributed by atoms with E-state index in [4.69, 9.17) is 4.74 Å². The number of benzene rings is 1. The van der Waals surface area contributed by atoms with Gasteiger partial charge in [0.2, 0.25) is 0 Å². The highest BCUT2D eigenvalue weighted by Gasteiger charge is 1.97. The maximum Gasteiger partial charge on any atom is 0.119 e. The second-order valence-corrected chi connectivity index (χ2v) is 4.75. The molecule has 0 aliphatic heterocycles. The minimum Gasteiger partial charge on any atom is -0.489 e. The van der Waals surface area contributed by atoms with Crippen LogP contribution in [0.5, 0.6) is 5.75 Å². The average molecular weight is 280 g/mol. The molecule has 0 saturated heterocycles. The summed E-state index contributed by atoms with van der Waals surface area (Å²) in [6.45, 7) is 10.5. The van der Waals surface area contributed by atoms with Crippen molar-refractivity contribution in [1.29, 1.82) is 0 Å². The number of hydrogen-bond acceptors (Lipinski definition) is 1. The van der Waals surface area contributed by atoms with E-state index in [-0.39, 0.29) is 0 Å². The van der Waals surface area contributed by atoms with Crippen LogP contribution in [0, 0.1) is 0 Å². The van der Waals surface area contributed by atoms with Gasteiger partial charge in [-0.05, 0) is 44.0 Å². The molecule has 1 aromatic rings. The molecule has 0 aliphatic carbocycles. The third-order valence-corrected chi connectivity index (χ3v) is 2.87. The van der Waals surface area contributed by atoms with Gasteiger partial charge in [-0.3, -0.25) is 0 Å². The Morgan fingerprint density at radius 3 is 2.29 bits per heavy atom. The Kier molecular flexibility index (Phi) is 7.67. The van der Waals surface area contributed by atoms with E-state index in [0.29, 0.717) is 6.61 Å². The molecule has 0 fully saturated rings. The van der Waals surface area contributed by atoms with Gasteiger partial charge in [-0.2, -0.15) is 0 Å². The Morgan fingerprint density at radius 2 is 1.71 bits per heavy atom. The molecule has 1 nitrogen and oxygen atoms in total. The van der Waals surface area contributed by atoms with Gasteiger partial charge in [0.25, 0.3) is 0 Å². The summed E-state index contributed by atoms with van der Waals surface area (Å²) in [5.41, 5.74) is 3.32. The standard InChI is InChI=1S/C20H24O/c1-5-7-9-11-18(10-8-6-2)16-21-20-14-12-19(13-15-20)17(3)4/h5-15H,3,16H2,1-2,4H3/b7-5+,8-6-,11-9-,18-10+. The summed E-state index contributed by atoms with van der Waals surface area (Å²) >= 11 is 0. The van der Waals surface area contributed by atoms with Crippen molar-refractivity contribution < 1.29 is 4.74 Å². The Balaban J connectivity index is 2.69. The molecule has 0 bridgehead atoms. The lowest BCUT2D eigenvalue weighted by Crippen LogP contribution is -1.99. The number of ether oxygens (including phenoxy) is 1. The highest BCUT2D eigenvalue weighted by molar-refractivity contribution is 5.61. The van der Waals surface area contributed by atoms with Crippen LogP contribution >= 0.6 is 0 Å². The first-order chi connectivity index (χ1) is 10.2. The smallest absolute Gasteiger partial charge is 0.119 e. The molecule has 0 N–H and O–H groups in total. The Morgan fingerprint density at radius 1 is 1.05 bits per heavy atom.